The van der Waals surface area contributed by atoms with Gasteiger partial charge in [0, 0.05) is 37.4 Å². The van der Waals surface area contributed by atoms with E-state index in [9.17, 15) is 14.9 Å². The average Bonchev–Trinajstić information content (AvgIpc) is 2.98. The molecule has 0 saturated heterocycles. The Balaban J connectivity index is 1.90. The van der Waals surface area contributed by atoms with E-state index in [1.165, 1.54) is 0 Å². The normalized spacial score (nSPS) is 11.3. The number of nitrogens with zero attached hydrogens (tertiary/aromatic N) is 2. The molecular weight excluding hydrogens is 376 g/mol. The fraction of sp³-hybridized carbons (Fsp3) is 0.375. The van der Waals surface area contributed by atoms with E-state index in [0.29, 0.717) is 12.5 Å². The zero-order valence-electron chi connectivity index (χ0n) is 18.2. The number of nitrogens with one attached hydrogen (secondary N) is 2. The van der Waals surface area contributed by atoms with Gasteiger partial charge in [-0.3, -0.25) is 9.59 Å². The molecule has 0 bridgehead atoms. The topological polar surface area (TPSA) is 86.9 Å². The number of carbonyl (C=O) groups is 2. The van der Waals surface area contributed by atoms with Crippen molar-refractivity contribution in [2.24, 2.45) is 5.92 Å². The molecule has 1 aromatic heterocycles. The number of carbonyl (C=O) groups excluding carboxylic acids is 2. The van der Waals surface area contributed by atoms with Crippen LogP contribution in [0.3, 0.4) is 0 Å². The van der Waals surface area contributed by atoms with Gasteiger partial charge < -0.3 is 15.2 Å². The lowest BCUT2D eigenvalue weighted by Gasteiger charge is -2.12. The Kier molecular flexibility index (Phi) is 8.42. The molecule has 158 valence electrons. The Morgan fingerprint density at radius 3 is 2.50 bits per heavy atom. The summed E-state index contributed by atoms with van der Waals surface area (Å²) in [5.74, 6) is -0.126. The molecule has 1 aromatic carbocycles. The Labute approximate surface area is 178 Å². The number of aryl methyl sites for hydroxylation is 1. The van der Waals surface area contributed by atoms with Gasteiger partial charge in [0.2, 0.25) is 5.91 Å². The third-order valence-corrected chi connectivity index (χ3v) is 4.80. The van der Waals surface area contributed by atoms with Gasteiger partial charge in [0.05, 0.1) is 0 Å². The first kappa shape index (κ1) is 23.0. The van der Waals surface area contributed by atoms with Crippen molar-refractivity contribution in [3.05, 3.63) is 64.5 Å². The first-order valence-corrected chi connectivity index (χ1v) is 10.2. The lowest BCUT2D eigenvalue weighted by Crippen LogP contribution is -2.31. The summed E-state index contributed by atoms with van der Waals surface area (Å²) in [6.45, 7) is 9.82. The SMILES string of the molecule is Cc1cc(/C=C(\C#N)C(=O)NCCC(=O)NCc2ccccc2)c(C)n1CC(C)C. The van der Waals surface area contributed by atoms with Gasteiger partial charge in [-0.2, -0.15) is 5.26 Å². The largest absolute Gasteiger partial charge is 0.352 e. The number of hydrogen-bond acceptors (Lipinski definition) is 3. The summed E-state index contributed by atoms with van der Waals surface area (Å²) in [6, 6.07) is 13.6. The third kappa shape index (κ3) is 6.63. The van der Waals surface area contributed by atoms with Gasteiger partial charge in [0.1, 0.15) is 11.6 Å². The standard InChI is InChI=1S/C24H30N4O2/c1-17(2)16-28-18(3)12-21(19(28)4)13-22(14-25)24(30)26-11-10-23(29)27-15-20-8-6-5-7-9-20/h5-9,12-13,17H,10-11,15-16H2,1-4H3,(H,26,30)(H,27,29)/b22-13+. The van der Waals surface area contributed by atoms with Gasteiger partial charge in [-0.25, -0.2) is 0 Å². The maximum absolute atomic E-state index is 12.4. The Bertz CT molecular complexity index is 950. The molecule has 1 heterocycles. The maximum Gasteiger partial charge on any atom is 0.261 e. The summed E-state index contributed by atoms with van der Waals surface area (Å²) in [6.07, 6.45) is 1.77. The van der Waals surface area contributed by atoms with Crippen LogP contribution in [0.4, 0.5) is 0 Å². The molecule has 2 aromatic rings. The van der Waals surface area contributed by atoms with Crippen molar-refractivity contribution < 1.29 is 9.59 Å². The molecule has 0 spiro atoms. The van der Waals surface area contributed by atoms with Crippen LogP contribution in [0.15, 0.2) is 42.0 Å². The second kappa shape index (κ2) is 11.0. The second-order valence-electron chi connectivity index (χ2n) is 7.77. The molecule has 2 N–H and O–H groups in total. The van der Waals surface area contributed by atoms with Gasteiger partial charge in [-0.15, -0.1) is 0 Å². The number of amides is 2. The summed E-state index contributed by atoms with van der Waals surface area (Å²) in [5.41, 5.74) is 4.03. The fourth-order valence-electron chi connectivity index (χ4n) is 3.19. The second-order valence-corrected chi connectivity index (χ2v) is 7.77. The van der Waals surface area contributed by atoms with E-state index in [2.05, 4.69) is 29.0 Å². The molecule has 0 radical (unpaired) electrons. The molecular formula is C24H30N4O2. The number of aromatic nitrogens is 1. The van der Waals surface area contributed by atoms with E-state index < -0.39 is 5.91 Å². The van der Waals surface area contributed by atoms with Gasteiger partial charge in [0.15, 0.2) is 0 Å². The third-order valence-electron chi connectivity index (χ3n) is 4.80. The molecule has 2 rings (SSSR count). The summed E-state index contributed by atoms with van der Waals surface area (Å²) in [7, 11) is 0. The lowest BCUT2D eigenvalue weighted by atomic mass is 10.1. The highest BCUT2D eigenvalue weighted by Gasteiger charge is 2.13. The summed E-state index contributed by atoms with van der Waals surface area (Å²) < 4.78 is 2.19. The van der Waals surface area contributed by atoms with Crippen LogP contribution in [0.1, 0.15) is 42.8 Å². The lowest BCUT2D eigenvalue weighted by molar-refractivity contribution is -0.121. The van der Waals surface area contributed by atoms with Gasteiger partial charge in [-0.05, 0) is 43.0 Å². The van der Waals surface area contributed by atoms with E-state index in [-0.39, 0.29) is 24.4 Å². The predicted octanol–water partition coefficient (Wildman–Crippen LogP) is 3.49. The van der Waals surface area contributed by atoms with Crippen molar-refractivity contribution in [2.75, 3.05) is 6.54 Å². The highest BCUT2D eigenvalue weighted by Crippen LogP contribution is 2.19. The zero-order valence-corrected chi connectivity index (χ0v) is 18.2. The summed E-state index contributed by atoms with van der Waals surface area (Å²) in [4.78, 5) is 24.3. The number of hydrogen-bond donors (Lipinski definition) is 2. The van der Waals surface area contributed by atoms with Crippen molar-refractivity contribution in [1.82, 2.24) is 15.2 Å². The van der Waals surface area contributed by atoms with Crippen molar-refractivity contribution in [3.63, 3.8) is 0 Å². The Morgan fingerprint density at radius 2 is 1.87 bits per heavy atom. The minimum Gasteiger partial charge on any atom is -0.352 e. The minimum absolute atomic E-state index is 0.0319. The summed E-state index contributed by atoms with van der Waals surface area (Å²) >= 11 is 0. The van der Waals surface area contributed by atoms with E-state index >= 15 is 0 Å². The fourth-order valence-corrected chi connectivity index (χ4v) is 3.19. The van der Waals surface area contributed by atoms with E-state index in [0.717, 1.165) is 29.1 Å². The first-order chi connectivity index (χ1) is 14.3. The Hall–Kier alpha value is -3.33. The van der Waals surface area contributed by atoms with Crippen molar-refractivity contribution >= 4 is 17.9 Å². The van der Waals surface area contributed by atoms with Gasteiger partial charge in [-0.1, -0.05) is 44.2 Å². The molecule has 0 saturated carbocycles. The van der Waals surface area contributed by atoms with Crippen LogP contribution in [0, 0.1) is 31.1 Å². The molecule has 2 amide bonds. The van der Waals surface area contributed by atoms with E-state index in [1.54, 1.807) is 6.08 Å². The molecule has 0 unspecified atom stereocenters. The molecule has 0 aliphatic heterocycles. The van der Waals surface area contributed by atoms with Crippen LogP contribution in [-0.2, 0) is 22.7 Å². The number of rotatable bonds is 9. The predicted molar refractivity (Wildman–Crippen MR) is 118 cm³/mol. The van der Waals surface area contributed by atoms with Crippen LogP contribution in [0.5, 0.6) is 0 Å². The van der Waals surface area contributed by atoms with Gasteiger partial charge in [0.25, 0.3) is 5.91 Å². The van der Waals surface area contributed by atoms with E-state index in [4.69, 9.17) is 0 Å². The zero-order chi connectivity index (χ0) is 22.1. The maximum atomic E-state index is 12.4. The monoisotopic (exact) mass is 406 g/mol. The van der Waals surface area contributed by atoms with Crippen LogP contribution < -0.4 is 10.6 Å². The molecule has 30 heavy (non-hydrogen) atoms. The number of nitriles is 1. The van der Waals surface area contributed by atoms with Crippen molar-refractivity contribution in [2.45, 2.75) is 47.2 Å². The Morgan fingerprint density at radius 1 is 1.17 bits per heavy atom. The van der Waals surface area contributed by atoms with Crippen LogP contribution in [0.2, 0.25) is 0 Å². The van der Waals surface area contributed by atoms with Crippen molar-refractivity contribution in [1.29, 1.82) is 5.26 Å². The smallest absolute Gasteiger partial charge is 0.261 e. The number of benzene rings is 1. The average molecular weight is 407 g/mol. The quantitative estimate of drug-likeness (QED) is 0.494. The highest BCUT2D eigenvalue weighted by atomic mass is 16.2. The van der Waals surface area contributed by atoms with E-state index in [1.807, 2.05) is 56.3 Å². The first-order valence-electron chi connectivity index (χ1n) is 10.2. The van der Waals surface area contributed by atoms with Crippen LogP contribution >= 0.6 is 0 Å². The van der Waals surface area contributed by atoms with Crippen LogP contribution in [0.25, 0.3) is 6.08 Å². The molecule has 6 heteroatoms. The molecule has 0 aliphatic rings. The summed E-state index contributed by atoms with van der Waals surface area (Å²) in [5, 5.41) is 14.9. The molecule has 6 nitrogen and oxygen atoms in total. The highest BCUT2D eigenvalue weighted by molar-refractivity contribution is 6.02. The molecule has 0 atom stereocenters. The van der Waals surface area contributed by atoms with Gasteiger partial charge >= 0.3 is 0 Å². The van der Waals surface area contributed by atoms with Crippen LogP contribution in [-0.4, -0.2) is 22.9 Å². The minimum atomic E-state index is -0.470. The molecule has 0 fully saturated rings. The molecule has 0 aliphatic carbocycles. The van der Waals surface area contributed by atoms with Crippen molar-refractivity contribution in [3.8, 4) is 6.07 Å².